The molecule has 0 aliphatic heterocycles. The smallest absolute Gasteiger partial charge is 0.115 e. The molecule has 0 fully saturated rings. The minimum absolute atomic E-state index is 0.345. The zero-order valence-electron chi connectivity index (χ0n) is 8.09. The van der Waals surface area contributed by atoms with E-state index in [1.165, 1.54) is 5.56 Å². The Morgan fingerprint density at radius 3 is 1.92 bits per heavy atom. The fourth-order valence-corrected chi connectivity index (χ4v) is 0.726. The van der Waals surface area contributed by atoms with Crippen LogP contribution in [0.5, 0.6) is 5.75 Å². The molecule has 0 unspecified atom stereocenters. The lowest BCUT2D eigenvalue weighted by molar-refractivity contribution is 0.277. The van der Waals surface area contributed by atoms with Crippen molar-refractivity contribution in [3.8, 4) is 5.75 Å². The number of phenols is 1. The van der Waals surface area contributed by atoms with E-state index in [4.69, 9.17) is 5.11 Å². The Balaban J connectivity index is 0.000000354. The van der Waals surface area contributed by atoms with Crippen LogP contribution in [0.2, 0.25) is 0 Å². The van der Waals surface area contributed by atoms with E-state index in [2.05, 4.69) is 4.74 Å². The third-order valence-electron chi connectivity index (χ3n) is 1.49. The molecule has 2 heteroatoms. The molecule has 1 aromatic rings. The van der Waals surface area contributed by atoms with Crippen molar-refractivity contribution in [1.29, 1.82) is 0 Å². The molecule has 0 amide bonds. The van der Waals surface area contributed by atoms with Crippen LogP contribution in [0.3, 0.4) is 0 Å². The number of methoxy groups -OCH3 is 1. The van der Waals surface area contributed by atoms with Crippen LogP contribution in [0, 0.1) is 13.8 Å². The van der Waals surface area contributed by atoms with Gasteiger partial charge in [-0.3, -0.25) is 0 Å². The van der Waals surface area contributed by atoms with E-state index in [1.807, 2.05) is 19.9 Å². The molecular weight excluding hydrogens is 152 g/mol. The van der Waals surface area contributed by atoms with Gasteiger partial charge in [0.15, 0.2) is 0 Å². The topological polar surface area (TPSA) is 29.5 Å². The van der Waals surface area contributed by atoms with E-state index in [1.54, 1.807) is 26.4 Å². The van der Waals surface area contributed by atoms with Crippen LogP contribution in [0.15, 0.2) is 18.2 Å². The lowest BCUT2D eigenvalue weighted by atomic mass is 10.1. The molecule has 0 saturated carbocycles. The molecule has 68 valence electrons. The van der Waals surface area contributed by atoms with Crippen LogP contribution in [0.1, 0.15) is 11.1 Å². The zero-order chi connectivity index (χ0) is 9.56. The van der Waals surface area contributed by atoms with E-state index < -0.39 is 0 Å². The fourth-order valence-electron chi connectivity index (χ4n) is 0.726. The maximum absolute atomic E-state index is 8.94. The number of aryl methyl sites for hydroxylation is 2. The minimum atomic E-state index is 0.345. The molecule has 0 aliphatic rings. The second-order valence-corrected chi connectivity index (χ2v) is 2.68. The SMILES string of the molecule is COC.Cc1ccc(O)cc1C. The van der Waals surface area contributed by atoms with Crippen molar-refractivity contribution in [2.45, 2.75) is 13.8 Å². The molecule has 1 aromatic carbocycles. The number of phenolic OH excluding ortho intramolecular Hbond substituents is 1. The number of ether oxygens (including phenoxy) is 1. The molecule has 0 atom stereocenters. The van der Waals surface area contributed by atoms with Crippen molar-refractivity contribution in [3.05, 3.63) is 29.3 Å². The van der Waals surface area contributed by atoms with Crippen LogP contribution in [-0.4, -0.2) is 19.3 Å². The van der Waals surface area contributed by atoms with Gasteiger partial charge in [0.05, 0.1) is 0 Å². The Labute approximate surface area is 73.8 Å². The Morgan fingerprint density at radius 1 is 1.08 bits per heavy atom. The molecule has 0 bridgehead atoms. The number of hydrogen-bond acceptors (Lipinski definition) is 2. The van der Waals surface area contributed by atoms with Gasteiger partial charge >= 0.3 is 0 Å². The summed E-state index contributed by atoms with van der Waals surface area (Å²) >= 11 is 0. The van der Waals surface area contributed by atoms with Gasteiger partial charge in [-0.1, -0.05) is 6.07 Å². The monoisotopic (exact) mass is 168 g/mol. The number of aromatic hydroxyl groups is 1. The first kappa shape index (κ1) is 11.0. The Morgan fingerprint density at radius 2 is 1.58 bits per heavy atom. The lowest BCUT2D eigenvalue weighted by Gasteiger charge is -1.97. The Kier molecular flexibility index (Phi) is 5.13. The summed E-state index contributed by atoms with van der Waals surface area (Å²) in [6, 6.07) is 5.36. The maximum atomic E-state index is 8.94. The van der Waals surface area contributed by atoms with E-state index in [9.17, 15) is 0 Å². The van der Waals surface area contributed by atoms with Gasteiger partial charge in [-0.15, -0.1) is 0 Å². The lowest BCUT2D eigenvalue weighted by Crippen LogP contribution is -1.76. The van der Waals surface area contributed by atoms with Crippen molar-refractivity contribution in [1.82, 2.24) is 0 Å². The van der Waals surface area contributed by atoms with Crippen molar-refractivity contribution in [2.75, 3.05) is 14.2 Å². The summed E-state index contributed by atoms with van der Waals surface area (Å²) in [5.74, 6) is 0.345. The van der Waals surface area contributed by atoms with Gasteiger partial charge in [0.2, 0.25) is 0 Å². The summed E-state index contributed by atoms with van der Waals surface area (Å²) < 4.78 is 4.25. The second kappa shape index (κ2) is 5.61. The van der Waals surface area contributed by atoms with E-state index in [0.29, 0.717) is 5.75 Å². The predicted molar refractivity (Wildman–Crippen MR) is 50.5 cm³/mol. The second-order valence-electron chi connectivity index (χ2n) is 2.68. The summed E-state index contributed by atoms with van der Waals surface area (Å²) in [6.45, 7) is 4.00. The van der Waals surface area contributed by atoms with Crippen molar-refractivity contribution in [3.63, 3.8) is 0 Å². The largest absolute Gasteiger partial charge is 0.508 e. The van der Waals surface area contributed by atoms with Crippen molar-refractivity contribution < 1.29 is 9.84 Å². The van der Waals surface area contributed by atoms with Gasteiger partial charge < -0.3 is 9.84 Å². The van der Waals surface area contributed by atoms with Gasteiger partial charge in [0.25, 0.3) is 0 Å². The normalized spacial score (nSPS) is 8.67. The molecule has 2 nitrogen and oxygen atoms in total. The summed E-state index contributed by atoms with van der Waals surface area (Å²) in [4.78, 5) is 0. The highest BCUT2D eigenvalue weighted by atomic mass is 16.4. The number of rotatable bonds is 0. The molecule has 0 heterocycles. The average Bonchev–Trinajstić information content (AvgIpc) is 1.99. The molecule has 0 saturated heterocycles. The molecule has 1 N–H and O–H groups in total. The van der Waals surface area contributed by atoms with Crippen LogP contribution < -0.4 is 0 Å². The highest BCUT2D eigenvalue weighted by Crippen LogP contribution is 2.13. The quantitative estimate of drug-likeness (QED) is 0.644. The average molecular weight is 168 g/mol. The zero-order valence-corrected chi connectivity index (χ0v) is 8.09. The maximum Gasteiger partial charge on any atom is 0.115 e. The molecule has 0 radical (unpaired) electrons. The molecule has 0 aliphatic carbocycles. The van der Waals surface area contributed by atoms with Crippen LogP contribution >= 0.6 is 0 Å². The van der Waals surface area contributed by atoms with E-state index >= 15 is 0 Å². The van der Waals surface area contributed by atoms with E-state index in [-0.39, 0.29) is 0 Å². The first-order valence-electron chi connectivity index (χ1n) is 3.78. The van der Waals surface area contributed by atoms with Crippen LogP contribution in [-0.2, 0) is 4.74 Å². The summed E-state index contributed by atoms with van der Waals surface area (Å²) in [7, 11) is 3.25. The van der Waals surface area contributed by atoms with Crippen molar-refractivity contribution in [2.24, 2.45) is 0 Å². The summed E-state index contributed by atoms with van der Waals surface area (Å²) in [5, 5.41) is 8.94. The van der Waals surface area contributed by atoms with Gasteiger partial charge in [-0.05, 0) is 37.1 Å². The minimum Gasteiger partial charge on any atom is -0.508 e. The fraction of sp³-hybridized carbons (Fsp3) is 0.400. The predicted octanol–water partition coefficient (Wildman–Crippen LogP) is 2.27. The molecule has 0 spiro atoms. The Bertz CT molecular complexity index is 231. The number of hydrogen-bond donors (Lipinski definition) is 1. The summed E-state index contributed by atoms with van der Waals surface area (Å²) in [6.07, 6.45) is 0. The number of benzene rings is 1. The molecule has 1 rings (SSSR count). The highest BCUT2D eigenvalue weighted by molar-refractivity contribution is 5.32. The molecular formula is C10H16O2. The standard InChI is InChI=1S/C8H10O.C2H6O/c1-6-3-4-8(9)5-7(6)2;1-3-2/h3-5,9H,1-2H3;1-2H3. The van der Waals surface area contributed by atoms with Crippen molar-refractivity contribution >= 4 is 0 Å². The van der Waals surface area contributed by atoms with Gasteiger partial charge in [0, 0.05) is 14.2 Å². The van der Waals surface area contributed by atoms with Gasteiger partial charge in [-0.25, -0.2) is 0 Å². The first-order valence-corrected chi connectivity index (χ1v) is 3.78. The third kappa shape index (κ3) is 3.98. The van der Waals surface area contributed by atoms with Gasteiger partial charge in [0.1, 0.15) is 5.75 Å². The third-order valence-corrected chi connectivity index (χ3v) is 1.49. The van der Waals surface area contributed by atoms with Crippen LogP contribution in [0.25, 0.3) is 0 Å². The molecule has 0 aromatic heterocycles. The first-order chi connectivity index (χ1) is 5.61. The highest BCUT2D eigenvalue weighted by Gasteiger charge is 1.90. The molecule has 12 heavy (non-hydrogen) atoms. The summed E-state index contributed by atoms with van der Waals surface area (Å²) in [5.41, 5.74) is 2.35. The van der Waals surface area contributed by atoms with Gasteiger partial charge in [-0.2, -0.15) is 0 Å². The van der Waals surface area contributed by atoms with E-state index in [0.717, 1.165) is 5.56 Å². The Hall–Kier alpha value is -1.02. The van der Waals surface area contributed by atoms with Crippen LogP contribution in [0.4, 0.5) is 0 Å².